The average molecular weight is 645 g/mol. The highest BCUT2D eigenvalue weighted by Crippen LogP contribution is 2.37. The lowest BCUT2D eigenvalue weighted by Crippen LogP contribution is -2.52. The first-order chi connectivity index (χ1) is 20.3. The fourth-order valence-electron chi connectivity index (χ4n) is 4.00. The highest BCUT2D eigenvalue weighted by Gasteiger charge is 2.37. The van der Waals surface area contributed by atoms with Crippen LogP contribution >= 0.6 is 22.9 Å². The lowest BCUT2D eigenvalue weighted by molar-refractivity contribution is -0.165. The molecule has 0 unspecified atom stereocenters. The second-order valence-corrected chi connectivity index (χ2v) is 10.2. The summed E-state index contributed by atoms with van der Waals surface area (Å²) in [5, 5.41) is 47.7. The van der Waals surface area contributed by atoms with Crippen LogP contribution in [0, 0.1) is 5.82 Å². The minimum Gasteiger partial charge on any atom is -0.480 e. The molecule has 1 aromatic heterocycles. The summed E-state index contributed by atoms with van der Waals surface area (Å²) < 4.78 is 24.1. The van der Waals surface area contributed by atoms with E-state index < -0.39 is 54.0 Å². The molecule has 3 heterocycles. The van der Waals surface area contributed by atoms with E-state index in [1.807, 2.05) is 0 Å². The zero-order valence-corrected chi connectivity index (χ0v) is 23.8. The zero-order valence-electron chi connectivity index (χ0n) is 22.2. The topological polar surface area (TPSA) is 228 Å². The molecule has 18 heteroatoms. The van der Waals surface area contributed by atoms with Crippen LogP contribution in [-0.2, 0) is 28.7 Å². The normalized spacial score (nSPS) is 20.1. The van der Waals surface area contributed by atoms with Gasteiger partial charge in [0.05, 0.1) is 25.9 Å². The molecule has 0 bridgehead atoms. The van der Waals surface area contributed by atoms with Crippen molar-refractivity contribution in [1.29, 1.82) is 0 Å². The maximum atomic E-state index is 13.7. The molecule has 0 spiro atoms. The van der Waals surface area contributed by atoms with Crippen molar-refractivity contribution >= 4 is 52.7 Å². The summed E-state index contributed by atoms with van der Waals surface area (Å²) in [5.74, 6) is -5.37. The van der Waals surface area contributed by atoms with Crippen molar-refractivity contribution in [2.24, 2.45) is 4.99 Å². The smallest absolute Gasteiger partial charge is 0.338 e. The number of thiazole rings is 1. The minimum atomic E-state index is -2.27. The van der Waals surface area contributed by atoms with Gasteiger partial charge in [-0.3, -0.25) is 14.7 Å². The number of halogens is 2. The van der Waals surface area contributed by atoms with Gasteiger partial charge in [0.2, 0.25) is 0 Å². The van der Waals surface area contributed by atoms with Crippen LogP contribution in [0.1, 0.15) is 16.6 Å². The molecule has 2 aromatic rings. The number of morpholine rings is 1. The number of amidine groups is 1. The lowest BCUT2D eigenvalue weighted by atomic mass is 9.95. The number of carbonyl (C=O) groups is 4. The Hall–Kier alpha value is -4.00. The Bertz CT molecular complexity index is 1400. The van der Waals surface area contributed by atoms with Crippen molar-refractivity contribution in [3.63, 3.8) is 0 Å². The Balaban J connectivity index is 0.000000436. The fourth-order valence-corrected chi connectivity index (χ4v) is 4.85. The van der Waals surface area contributed by atoms with Crippen molar-refractivity contribution in [3.05, 3.63) is 62.5 Å². The summed E-state index contributed by atoms with van der Waals surface area (Å²) in [6.45, 7) is 0.814. The number of nitrogens with zero attached hydrogens (tertiary/aromatic N) is 3. The van der Waals surface area contributed by atoms with E-state index in [-0.39, 0.29) is 23.7 Å². The number of hydrogen-bond acceptors (Lipinski definition) is 13. The van der Waals surface area contributed by atoms with E-state index in [0.29, 0.717) is 35.3 Å². The Morgan fingerprint density at radius 1 is 1.21 bits per heavy atom. The van der Waals surface area contributed by atoms with Crippen LogP contribution in [0.4, 0.5) is 4.39 Å². The number of esters is 1. The van der Waals surface area contributed by atoms with Gasteiger partial charge in [-0.25, -0.2) is 23.8 Å². The first-order valence-corrected chi connectivity index (χ1v) is 13.5. The second kappa shape index (κ2) is 14.9. The maximum Gasteiger partial charge on any atom is 0.338 e. The molecular formula is C25H26ClFN4O11S. The van der Waals surface area contributed by atoms with Crippen molar-refractivity contribution in [2.75, 3.05) is 33.4 Å². The van der Waals surface area contributed by atoms with E-state index in [0.717, 1.165) is 6.07 Å². The van der Waals surface area contributed by atoms with Gasteiger partial charge >= 0.3 is 23.9 Å². The molecule has 0 radical (unpaired) electrons. The molecule has 232 valence electrons. The average Bonchev–Trinajstić information content (AvgIpc) is 3.51. The van der Waals surface area contributed by atoms with Crippen molar-refractivity contribution in [3.8, 4) is 0 Å². The van der Waals surface area contributed by atoms with Crippen LogP contribution in [0.2, 0.25) is 5.02 Å². The van der Waals surface area contributed by atoms with Crippen LogP contribution in [0.25, 0.3) is 0 Å². The highest BCUT2D eigenvalue weighted by atomic mass is 35.5. The molecule has 1 aromatic carbocycles. The predicted molar refractivity (Wildman–Crippen MR) is 146 cm³/mol. The number of hydrogen-bond donors (Lipinski definition) is 6. The number of aliphatic hydroxyl groups is 2. The number of aliphatic hydroxyl groups excluding tert-OH is 2. The monoisotopic (exact) mass is 644 g/mol. The molecule has 2 aliphatic rings. The van der Waals surface area contributed by atoms with Gasteiger partial charge in [-0.05, 0) is 12.1 Å². The SMILES string of the molecule is COC(=O)C1=C(CN2CCOC[C@H]2C(=O)O)NC(c2nccs2)=N[C@H]1c1ccc(F)cc1Cl.O=C(O)[C@H](O)[C@@H](O)C(=O)O. The van der Waals surface area contributed by atoms with Gasteiger partial charge < -0.3 is 40.3 Å². The molecule has 43 heavy (non-hydrogen) atoms. The molecule has 1 fully saturated rings. The summed E-state index contributed by atoms with van der Waals surface area (Å²) in [4.78, 5) is 54.9. The fraction of sp³-hybridized carbons (Fsp3) is 0.360. The largest absolute Gasteiger partial charge is 0.480 e. The van der Waals surface area contributed by atoms with Gasteiger partial charge in [-0.2, -0.15) is 0 Å². The third kappa shape index (κ3) is 8.31. The predicted octanol–water partition coefficient (Wildman–Crippen LogP) is 0.117. The minimum absolute atomic E-state index is 0.0246. The van der Waals surface area contributed by atoms with E-state index in [9.17, 15) is 28.7 Å². The molecular weight excluding hydrogens is 619 g/mol. The summed E-state index contributed by atoms with van der Waals surface area (Å²) >= 11 is 7.67. The number of aliphatic imine (C=N–C) groups is 1. The number of carboxylic acids is 3. The Morgan fingerprint density at radius 2 is 1.88 bits per heavy atom. The molecule has 1 saturated heterocycles. The van der Waals surface area contributed by atoms with Crippen LogP contribution in [0.5, 0.6) is 0 Å². The Kier molecular flexibility index (Phi) is 11.6. The Labute approximate surface area is 251 Å². The number of aromatic nitrogens is 1. The van der Waals surface area contributed by atoms with E-state index >= 15 is 0 Å². The lowest BCUT2D eigenvalue weighted by Gasteiger charge is -2.35. The number of carboxylic acid groups (broad SMARTS) is 3. The van der Waals surface area contributed by atoms with E-state index in [1.54, 1.807) is 16.5 Å². The van der Waals surface area contributed by atoms with Gasteiger partial charge in [0.25, 0.3) is 0 Å². The number of nitrogens with one attached hydrogen (secondary N) is 1. The number of carbonyl (C=O) groups excluding carboxylic acids is 1. The third-order valence-corrected chi connectivity index (χ3v) is 7.22. The van der Waals surface area contributed by atoms with E-state index in [1.165, 1.54) is 30.6 Å². The molecule has 4 atom stereocenters. The molecule has 0 amide bonds. The molecule has 0 saturated carbocycles. The van der Waals surface area contributed by atoms with Gasteiger partial charge in [0.1, 0.15) is 17.9 Å². The Morgan fingerprint density at radius 3 is 2.42 bits per heavy atom. The molecule has 15 nitrogen and oxygen atoms in total. The van der Waals surface area contributed by atoms with Gasteiger partial charge in [-0.1, -0.05) is 17.7 Å². The molecule has 4 rings (SSSR count). The van der Waals surface area contributed by atoms with Gasteiger partial charge in [-0.15, -0.1) is 11.3 Å². The van der Waals surface area contributed by atoms with Crippen LogP contribution in [-0.4, -0.2) is 117 Å². The maximum absolute atomic E-state index is 13.7. The molecule has 0 aliphatic carbocycles. The summed E-state index contributed by atoms with van der Waals surface area (Å²) in [6.07, 6.45) is -2.92. The number of ether oxygens (including phenoxy) is 2. The van der Waals surface area contributed by atoms with Crippen molar-refractivity contribution in [2.45, 2.75) is 24.3 Å². The first kappa shape index (κ1) is 33.5. The standard InChI is InChI=1S/C21H20ClFN4O5S.C4H6O6/c1-31-21(30)16-14(9-27-5-6-32-10-15(27)20(28)29)25-18(19-24-4-7-33-19)26-17(16)12-3-2-11(23)8-13(12)22;5-1(3(7)8)2(6)4(9)10/h2-4,7-8,15,17H,5-6,9-10H2,1H3,(H,25,26)(H,28,29);1-2,5-6H,(H,7,8)(H,9,10)/t15-,17-;1-,2-/m01/s1. The van der Waals surface area contributed by atoms with Crippen molar-refractivity contribution < 1.29 is 58.6 Å². The summed E-state index contributed by atoms with van der Waals surface area (Å²) in [5.41, 5.74) is 0.964. The van der Waals surface area contributed by atoms with Crippen LogP contribution in [0.3, 0.4) is 0 Å². The quantitative estimate of drug-likeness (QED) is 0.199. The van der Waals surface area contributed by atoms with E-state index in [2.05, 4.69) is 15.3 Å². The highest BCUT2D eigenvalue weighted by molar-refractivity contribution is 7.11. The summed E-state index contributed by atoms with van der Waals surface area (Å²) in [7, 11) is 1.24. The number of rotatable bonds is 9. The number of aliphatic carboxylic acids is 3. The van der Waals surface area contributed by atoms with Gasteiger partial charge in [0, 0.05) is 40.9 Å². The number of benzene rings is 1. The zero-order chi connectivity index (χ0) is 31.8. The third-order valence-electron chi connectivity index (χ3n) is 6.11. The molecule has 2 aliphatic heterocycles. The van der Waals surface area contributed by atoms with Crippen LogP contribution < -0.4 is 5.32 Å². The van der Waals surface area contributed by atoms with Crippen LogP contribution in [0.15, 0.2) is 46.0 Å². The van der Waals surface area contributed by atoms with Crippen molar-refractivity contribution in [1.82, 2.24) is 15.2 Å². The van der Waals surface area contributed by atoms with E-state index in [4.69, 9.17) is 41.5 Å². The van der Waals surface area contributed by atoms with Gasteiger partial charge in [0.15, 0.2) is 23.1 Å². The molecule has 6 N–H and O–H groups in total. The first-order valence-electron chi connectivity index (χ1n) is 12.2. The second-order valence-electron chi connectivity index (χ2n) is 8.86. The number of methoxy groups -OCH3 is 1. The summed E-state index contributed by atoms with van der Waals surface area (Å²) in [6, 6.07) is 2.05.